The van der Waals surface area contributed by atoms with Gasteiger partial charge in [0.1, 0.15) is 11.5 Å². The number of imidazole rings is 1. The first-order valence-corrected chi connectivity index (χ1v) is 6.49. The summed E-state index contributed by atoms with van der Waals surface area (Å²) in [5.41, 5.74) is 8.50. The van der Waals surface area contributed by atoms with Crippen LogP contribution < -0.4 is 5.73 Å². The molecule has 0 amide bonds. The largest absolute Gasteiger partial charge is 0.331 e. The van der Waals surface area contributed by atoms with Crippen molar-refractivity contribution in [3.8, 4) is 10.6 Å². The van der Waals surface area contributed by atoms with Gasteiger partial charge in [-0.1, -0.05) is 6.07 Å². The van der Waals surface area contributed by atoms with Crippen LogP contribution in [0.5, 0.6) is 0 Å². The minimum absolute atomic E-state index is 0.294. The Morgan fingerprint density at radius 1 is 1.56 bits per heavy atom. The molecule has 16 heavy (non-hydrogen) atoms. The molecule has 0 aromatic carbocycles. The first-order valence-electron chi connectivity index (χ1n) is 5.61. The number of nitrogens with two attached hydrogens (primary N) is 1. The second-order valence-corrected chi connectivity index (χ2v) is 5.28. The number of fused-ring (bicyclic) bond motifs is 1. The Hall–Kier alpha value is -1.13. The molecule has 2 N–H and O–H groups in total. The van der Waals surface area contributed by atoms with Gasteiger partial charge in [0.05, 0.1) is 4.88 Å². The Kier molecular flexibility index (Phi) is 2.33. The van der Waals surface area contributed by atoms with Crippen LogP contribution in [-0.2, 0) is 13.0 Å². The fourth-order valence-corrected chi connectivity index (χ4v) is 3.11. The molecular formula is C12H15N3S. The molecule has 1 atom stereocenters. The molecule has 3 nitrogen and oxygen atoms in total. The van der Waals surface area contributed by atoms with Crippen molar-refractivity contribution in [1.29, 1.82) is 0 Å². The number of thiophene rings is 1. The molecule has 0 aliphatic carbocycles. The highest BCUT2D eigenvalue weighted by Gasteiger charge is 2.22. The second-order valence-electron chi connectivity index (χ2n) is 4.34. The van der Waals surface area contributed by atoms with Gasteiger partial charge in [-0.25, -0.2) is 4.98 Å². The topological polar surface area (TPSA) is 43.8 Å². The maximum atomic E-state index is 6.04. The maximum Gasteiger partial charge on any atom is 0.106 e. The van der Waals surface area contributed by atoms with Gasteiger partial charge in [0.25, 0.3) is 0 Å². The lowest BCUT2D eigenvalue weighted by Crippen LogP contribution is -2.31. The predicted molar refractivity (Wildman–Crippen MR) is 66.6 cm³/mol. The number of hydrogen-bond donors (Lipinski definition) is 1. The fraction of sp³-hybridized carbons (Fsp3) is 0.417. The van der Waals surface area contributed by atoms with Gasteiger partial charge in [-0.05, 0) is 24.8 Å². The van der Waals surface area contributed by atoms with Crippen molar-refractivity contribution in [2.24, 2.45) is 5.73 Å². The number of aryl methyl sites for hydroxylation is 1. The van der Waals surface area contributed by atoms with Crippen molar-refractivity contribution >= 4 is 11.3 Å². The van der Waals surface area contributed by atoms with Crippen LogP contribution in [0, 0.1) is 6.92 Å². The van der Waals surface area contributed by atoms with E-state index in [9.17, 15) is 0 Å². The van der Waals surface area contributed by atoms with Crippen LogP contribution in [0.4, 0.5) is 0 Å². The molecule has 1 aliphatic heterocycles. The van der Waals surface area contributed by atoms with Crippen LogP contribution in [0.3, 0.4) is 0 Å². The molecule has 4 heteroatoms. The average molecular weight is 233 g/mol. The molecule has 2 aromatic rings. The maximum absolute atomic E-state index is 6.04. The predicted octanol–water partition coefficient (Wildman–Crippen LogP) is 2.19. The van der Waals surface area contributed by atoms with E-state index in [4.69, 9.17) is 5.73 Å². The van der Waals surface area contributed by atoms with E-state index in [1.54, 1.807) is 11.3 Å². The summed E-state index contributed by atoms with van der Waals surface area (Å²) in [7, 11) is 0. The van der Waals surface area contributed by atoms with Crippen LogP contribution in [0.1, 0.15) is 17.9 Å². The summed E-state index contributed by atoms with van der Waals surface area (Å²) in [5, 5.41) is 2.10. The molecule has 2 aromatic heterocycles. The van der Waals surface area contributed by atoms with Crippen molar-refractivity contribution in [1.82, 2.24) is 9.55 Å². The van der Waals surface area contributed by atoms with Crippen LogP contribution >= 0.6 is 11.3 Å². The highest BCUT2D eigenvalue weighted by atomic mass is 32.1. The number of nitrogens with zero attached hydrogens (tertiary/aromatic N) is 2. The standard InChI is InChI=1S/C12H15N3S/c1-8-14-12(11-3-2-6-16-11)10-7-9(13)4-5-15(8)10/h2-3,6,9H,4-5,7,13H2,1H3. The van der Waals surface area contributed by atoms with Crippen LogP contribution in [0.15, 0.2) is 17.5 Å². The third-order valence-electron chi connectivity index (χ3n) is 3.20. The zero-order chi connectivity index (χ0) is 11.1. The SMILES string of the molecule is Cc1nc(-c2cccs2)c2n1CCC(N)C2. The van der Waals surface area contributed by atoms with Gasteiger partial charge < -0.3 is 10.3 Å². The first kappa shape index (κ1) is 10.1. The number of hydrogen-bond acceptors (Lipinski definition) is 3. The summed E-state index contributed by atoms with van der Waals surface area (Å²) < 4.78 is 2.32. The molecule has 0 spiro atoms. The Morgan fingerprint density at radius 3 is 3.19 bits per heavy atom. The van der Waals surface area contributed by atoms with Gasteiger partial charge >= 0.3 is 0 Å². The fourth-order valence-electron chi connectivity index (χ4n) is 2.37. The Balaban J connectivity index is 2.13. The lowest BCUT2D eigenvalue weighted by molar-refractivity contribution is 0.466. The van der Waals surface area contributed by atoms with Gasteiger partial charge in [-0.15, -0.1) is 11.3 Å². The van der Waals surface area contributed by atoms with Gasteiger partial charge in [0.15, 0.2) is 0 Å². The van der Waals surface area contributed by atoms with E-state index in [0.717, 1.165) is 30.9 Å². The molecule has 3 rings (SSSR count). The average Bonchev–Trinajstić information content (AvgIpc) is 2.86. The monoisotopic (exact) mass is 233 g/mol. The lowest BCUT2D eigenvalue weighted by Gasteiger charge is -2.21. The minimum Gasteiger partial charge on any atom is -0.331 e. The van der Waals surface area contributed by atoms with E-state index in [2.05, 4.69) is 34.0 Å². The van der Waals surface area contributed by atoms with Crippen molar-refractivity contribution in [2.45, 2.75) is 32.4 Å². The molecule has 1 aliphatic rings. The zero-order valence-corrected chi connectivity index (χ0v) is 10.1. The van der Waals surface area contributed by atoms with Gasteiger partial charge in [-0.2, -0.15) is 0 Å². The van der Waals surface area contributed by atoms with Crippen molar-refractivity contribution < 1.29 is 0 Å². The minimum atomic E-state index is 0.294. The molecule has 0 saturated carbocycles. The van der Waals surface area contributed by atoms with E-state index < -0.39 is 0 Å². The van der Waals surface area contributed by atoms with E-state index in [1.165, 1.54) is 10.6 Å². The van der Waals surface area contributed by atoms with Crippen LogP contribution in [-0.4, -0.2) is 15.6 Å². The molecule has 0 saturated heterocycles. The third-order valence-corrected chi connectivity index (χ3v) is 4.07. The lowest BCUT2D eigenvalue weighted by atomic mass is 10.0. The van der Waals surface area contributed by atoms with Crippen LogP contribution in [0.25, 0.3) is 10.6 Å². The second kappa shape index (κ2) is 3.71. The molecule has 84 valence electrons. The molecular weight excluding hydrogens is 218 g/mol. The van der Waals surface area contributed by atoms with Gasteiger partial charge in [0, 0.05) is 24.7 Å². The zero-order valence-electron chi connectivity index (χ0n) is 9.31. The summed E-state index contributed by atoms with van der Waals surface area (Å²) in [6, 6.07) is 4.50. The smallest absolute Gasteiger partial charge is 0.106 e. The Labute approximate surface area is 98.9 Å². The highest BCUT2D eigenvalue weighted by Crippen LogP contribution is 2.31. The summed E-state index contributed by atoms with van der Waals surface area (Å²) in [6.45, 7) is 3.10. The van der Waals surface area contributed by atoms with E-state index >= 15 is 0 Å². The van der Waals surface area contributed by atoms with Crippen molar-refractivity contribution in [3.63, 3.8) is 0 Å². The summed E-state index contributed by atoms with van der Waals surface area (Å²) in [5.74, 6) is 1.12. The van der Waals surface area contributed by atoms with E-state index in [1.807, 2.05) is 0 Å². The third kappa shape index (κ3) is 1.49. The molecule has 0 fully saturated rings. The molecule has 0 radical (unpaired) electrons. The van der Waals surface area contributed by atoms with E-state index in [-0.39, 0.29) is 0 Å². The highest BCUT2D eigenvalue weighted by molar-refractivity contribution is 7.13. The van der Waals surface area contributed by atoms with Gasteiger partial charge in [0.2, 0.25) is 0 Å². The molecule has 0 bridgehead atoms. The Bertz CT molecular complexity index is 499. The summed E-state index contributed by atoms with van der Waals surface area (Å²) in [4.78, 5) is 5.94. The van der Waals surface area contributed by atoms with Crippen LogP contribution in [0.2, 0.25) is 0 Å². The summed E-state index contributed by atoms with van der Waals surface area (Å²) >= 11 is 1.75. The quantitative estimate of drug-likeness (QED) is 0.820. The van der Waals surface area contributed by atoms with E-state index in [0.29, 0.717) is 6.04 Å². The molecule has 1 unspecified atom stereocenters. The summed E-state index contributed by atoms with van der Waals surface area (Å²) in [6.07, 6.45) is 2.02. The van der Waals surface area contributed by atoms with Crippen molar-refractivity contribution in [3.05, 3.63) is 29.0 Å². The van der Waals surface area contributed by atoms with Crippen molar-refractivity contribution in [2.75, 3.05) is 0 Å². The molecule has 3 heterocycles. The number of aromatic nitrogens is 2. The first-order chi connectivity index (χ1) is 7.75. The Morgan fingerprint density at radius 2 is 2.44 bits per heavy atom. The van der Waals surface area contributed by atoms with Gasteiger partial charge in [-0.3, -0.25) is 0 Å². The number of rotatable bonds is 1. The normalized spacial score (nSPS) is 19.8.